The zero-order valence-electron chi connectivity index (χ0n) is 9.86. The fourth-order valence-corrected chi connectivity index (χ4v) is 3.58. The van der Waals surface area contributed by atoms with Crippen molar-refractivity contribution in [2.24, 2.45) is 0 Å². The van der Waals surface area contributed by atoms with Gasteiger partial charge < -0.3 is 4.57 Å². The quantitative estimate of drug-likeness (QED) is 0.808. The third-order valence-corrected chi connectivity index (χ3v) is 4.91. The van der Waals surface area contributed by atoms with Crippen molar-refractivity contribution in [1.82, 2.24) is 9.55 Å². The van der Waals surface area contributed by atoms with Crippen LogP contribution in [0, 0.1) is 0 Å². The zero-order chi connectivity index (χ0) is 11.8. The van der Waals surface area contributed by atoms with E-state index in [0.29, 0.717) is 11.4 Å². The van der Waals surface area contributed by atoms with Crippen LogP contribution in [0.25, 0.3) is 0 Å². The highest BCUT2D eigenvalue weighted by Gasteiger charge is 2.26. The van der Waals surface area contributed by atoms with E-state index in [9.17, 15) is 8.42 Å². The van der Waals surface area contributed by atoms with Crippen molar-refractivity contribution in [2.75, 3.05) is 5.75 Å². The van der Waals surface area contributed by atoms with Gasteiger partial charge in [-0.05, 0) is 19.3 Å². The number of hydrogen-bond acceptors (Lipinski definition) is 3. The van der Waals surface area contributed by atoms with E-state index in [-0.39, 0.29) is 5.75 Å². The van der Waals surface area contributed by atoms with Gasteiger partial charge in [-0.3, -0.25) is 0 Å². The van der Waals surface area contributed by atoms with E-state index in [1.165, 1.54) is 0 Å². The Bertz CT molecular complexity index is 488. The molecule has 0 spiro atoms. The first-order valence-corrected chi connectivity index (χ1v) is 7.56. The number of hydrogen-bond donors (Lipinski definition) is 0. The second-order valence-electron chi connectivity index (χ2n) is 4.15. The molecule has 0 N–H and O–H groups in total. The van der Waals surface area contributed by atoms with Crippen LogP contribution in [-0.4, -0.2) is 23.7 Å². The smallest absolute Gasteiger partial charge is 0.195 e. The van der Waals surface area contributed by atoms with E-state index < -0.39 is 9.84 Å². The SMILES string of the molecule is CCc1nc2n(c1S(=O)(=O)CC)CCCC2. The Hall–Kier alpha value is -0.840. The second-order valence-corrected chi connectivity index (χ2v) is 6.34. The third-order valence-electron chi connectivity index (χ3n) is 3.11. The van der Waals surface area contributed by atoms with E-state index in [4.69, 9.17) is 0 Å². The topological polar surface area (TPSA) is 52.0 Å². The highest BCUT2D eigenvalue weighted by Crippen LogP contribution is 2.24. The van der Waals surface area contributed by atoms with Gasteiger partial charge in [0.2, 0.25) is 0 Å². The monoisotopic (exact) mass is 242 g/mol. The number of fused-ring (bicyclic) bond motifs is 1. The summed E-state index contributed by atoms with van der Waals surface area (Å²) in [6.45, 7) is 4.46. The molecule has 0 bridgehead atoms. The summed E-state index contributed by atoms with van der Waals surface area (Å²) in [6.07, 6.45) is 3.77. The normalized spacial score (nSPS) is 16.1. The molecule has 0 amide bonds. The first-order chi connectivity index (χ1) is 7.60. The lowest BCUT2D eigenvalue weighted by Gasteiger charge is -2.16. The van der Waals surface area contributed by atoms with E-state index in [1.54, 1.807) is 6.92 Å². The Morgan fingerprint density at radius 3 is 2.69 bits per heavy atom. The molecule has 2 rings (SSSR count). The maximum absolute atomic E-state index is 12.1. The predicted molar refractivity (Wildman–Crippen MR) is 62.3 cm³/mol. The van der Waals surface area contributed by atoms with Crippen molar-refractivity contribution in [2.45, 2.75) is 51.1 Å². The molecular weight excluding hydrogens is 224 g/mol. The van der Waals surface area contributed by atoms with Gasteiger partial charge >= 0.3 is 0 Å². The first-order valence-electron chi connectivity index (χ1n) is 5.91. The van der Waals surface area contributed by atoms with Crippen LogP contribution < -0.4 is 0 Å². The maximum atomic E-state index is 12.1. The molecule has 0 atom stereocenters. The van der Waals surface area contributed by atoms with Crippen molar-refractivity contribution in [3.63, 3.8) is 0 Å². The summed E-state index contributed by atoms with van der Waals surface area (Å²) in [6, 6.07) is 0. The molecule has 0 aliphatic carbocycles. The zero-order valence-corrected chi connectivity index (χ0v) is 10.7. The van der Waals surface area contributed by atoms with Crippen LogP contribution in [-0.2, 0) is 29.2 Å². The number of imidazole rings is 1. The third kappa shape index (κ3) is 1.77. The first kappa shape index (κ1) is 11.6. The Labute approximate surface area is 96.6 Å². The van der Waals surface area contributed by atoms with Crippen molar-refractivity contribution in [3.8, 4) is 0 Å². The summed E-state index contributed by atoms with van der Waals surface area (Å²) < 4.78 is 26.0. The second kappa shape index (κ2) is 4.20. The van der Waals surface area contributed by atoms with Gasteiger partial charge in [-0.15, -0.1) is 0 Å². The molecule has 4 nitrogen and oxygen atoms in total. The molecule has 1 aliphatic heterocycles. The van der Waals surface area contributed by atoms with E-state index >= 15 is 0 Å². The van der Waals surface area contributed by atoms with Crippen LogP contribution in [0.3, 0.4) is 0 Å². The van der Waals surface area contributed by atoms with Gasteiger partial charge in [0.05, 0.1) is 11.4 Å². The molecule has 1 aromatic rings. The molecule has 0 saturated carbocycles. The molecule has 1 aromatic heterocycles. The average molecular weight is 242 g/mol. The van der Waals surface area contributed by atoms with Crippen LogP contribution in [0.2, 0.25) is 0 Å². The molecule has 0 unspecified atom stereocenters. The largest absolute Gasteiger partial charge is 0.319 e. The van der Waals surface area contributed by atoms with Gasteiger partial charge in [-0.2, -0.15) is 0 Å². The van der Waals surface area contributed by atoms with Crippen LogP contribution in [0.1, 0.15) is 38.2 Å². The summed E-state index contributed by atoms with van der Waals surface area (Å²) >= 11 is 0. The molecular formula is C11H18N2O2S. The number of aromatic nitrogens is 2. The molecule has 1 aliphatic rings. The Kier molecular flexibility index (Phi) is 3.06. The summed E-state index contributed by atoms with van der Waals surface area (Å²) in [5, 5.41) is 0.479. The summed E-state index contributed by atoms with van der Waals surface area (Å²) in [7, 11) is -3.14. The molecule has 0 saturated heterocycles. The molecule has 0 aromatic carbocycles. The van der Waals surface area contributed by atoms with Crippen LogP contribution in [0.15, 0.2) is 5.03 Å². The number of rotatable bonds is 3. The maximum Gasteiger partial charge on any atom is 0.195 e. The van der Waals surface area contributed by atoms with Crippen molar-refractivity contribution < 1.29 is 8.42 Å². The van der Waals surface area contributed by atoms with Gasteiger partial charge in [-0.1, -0.05) is 13.8 Å². The summed E-state index contributed by atoms with van der Waals surface area (Å²) in [5.74, 6) is 1.11. The fourth-order valence-electron chi connectivity index (χ4n) is 2.23. The number of aryl methyl sites for hydroxylation is 2. The molecule has 0 radical (unpaired) electrons. The Morgan fingerprint density at radius 1 is 1.31 bits per heavy atom. The van der Waals surface area contributed by atoms with Crippen LogP contribution >= 0.6 is 0 Å². The van der Waals surface area contributed by atoms with Gasteiger partial charge in [0.15, 0.2) is 14.9 Å². The van der Waals surface area contributed by atoms with E-state index in [1.807, 2.05) is 11.5 Å². The van der Waals surface area contributed by atoms with Gasteiger partial charge in [-0.25, -0.2) is 13.4 Å². The van der Waals surface area contributed by atoms with Crippen molar-refractivity contribution >= 4 is 9.84 Å². The fraction of sp³-hybridized carbons (Fsp3) is 0.727. The lowest BCUT2D eigenvalue weighted by atomic mass is 10.2. The molecule has 5 heteroatoms. The molecule has 90 valence electrons. The van der Waals surface area contributed by atoms with E-state index in [0.717, 1.165) is 37.3 Å². The van der Waals surface area contributed by atoms with Crippen molar-refractivity contribution in [1.29, 1.82) is 0 Å². The number of nitrogens with zero attached hydrogens (tertiary/aromatic N) is 2. The van der Waals surface area contributed by atoms with Crippen LogP contribution in [0.4, 0.5) is 0 Å². The molecule has 16 heavy (non-hydrogen) atoms. The summed E-state index contributed by atoms with van der Waals surface area (Å²) in [4.78, 5) is 4.47. The molecule has 0 fully saturated rings. The minimum absolute atomic E-state index is 0.158. The minimum Gasteiger partial charge on any atom is -0.319 e. The number of sulfone groups is 1. The minimum atomic E-state index is -3.14. The highest BCUT2D eigenvalue weighted by molar-refractivity contribution is 7.91. The average Bonchev–Trinajstić information content (AvgIpc) is 2.67. The van der Waals surface area contributed by atoms with E-state index in [2.05, 4.69) is 4.98 Å². The predicted octanol–water partition coefficient (Wildman–Crippen LogP) is 1.58. The standard InChI is InChI=1S/C11H18N2O2S/c1-3-9-11(16(14,15)4-2)13-8-6-5-7-10(13)12-9/h3-8H2,1-2H3. The van der Waals surface area contributed by atoms with Crippen LogP contribution in [0.5, 0.6) is 0 Å². The summed E-state index contributed by atoms with van der Waals surface area (Å²) in [5.41, 5.74) is 0.749. The lowest BCUT2D eigenvalue weighted by Crippen LogP contribution is -2.17. The molecule has 2 heterocycles. The Morgan fingerprint density at radius 2 is 2.06 bits per heavy atom. The Balaban J connectivity index is 2.62. The van der Waals surface area contributed by atoms with Crippen molar-refractivity contribution in [3.05, 3.63) is 11.5 Å². The van der Waals surface area contributed by atoms with Gasteiger partial charge in [0.25, 0.3) is 0 Å². The van der Waals surface area contributed by atoms with Gasteiger partial charge in [0.1, 0.15) is 5.82 Å². The lowest BCUT2D eigenvalue weighted by molar-refractivity contribution is 0.487. The highest BCUT2D eigenvalue weighted by atomic mass is 32.2. The van der Waals surface area contributed by atoms with Gasteiger partial charge in [0, 0.05) is 13.0 Å².